The van der Waals surface area contributed by atoms with Gasteiger partial charge in [-0.1, -0.05) is 6.07 Å². The quantitative estimate of drug-likeness (QED) is 0.842. The number of nitrogens with two attached hydrogens (primary N) is 1. The van der Waals surface area contributed by atoms with Crippen molar-refractivity contribution in [1.29, 1.82) is 0 Å². The summed E-state index contributed by atoms with van der Waals surface area (Å²) in [7, 11) is 0. The molecule has 5 rings (SSSR count). The summed E-state index contributed by atoms with van der Waals surface area (Å²) in [6.07, 6.45) is 5.92. The Morgan fingerprint density at radius 1 is 1.19 bits per heavy atom. The topological polar surface area (TPSA) is 91.9 Å². The van der Waals surface area contributed by atoms with Crippen molar-refractivity contribution in [2.45, 2.75) is 24.5 Å². The lowest BCUT2D eigenvalue weighted by atomic mass is 9.66. The third-order valence-corrected chi connectivity index (χ3v) is 5.77. The smallest absolute Gasteiger partial charge is 0.283 e. The molecule has 134 valence electrons. The van der Waals surface area contributed by atoms with Crippen LogP contribution in [0, 0.1) is 5.92 Å². The molecule has 1 spiro atoms. The van der Waals surface area contributed by atoms with Crippen LogP contribution in [0.4, 0.5) is 0 Å². The van der Waals surface area contributed by atoms with Crippen molar-refractivity contribution in [1.82, 2.24) is 9.97 Å². The number of ether oxygens (including phenoxy) is 3. The van der Waals surface area contributed by atoms with Gasteiger partial charge in [0, 0.05) is 29.9 Å². The van der Waals surface area contributed by atoms with Crippen molar-refractivity contribution < 1.29 is 14.2 Å². The molecule has 2 N–H and O–H groups in total. The molecule has 1 fully saturated rings. The normalized spacial score (nSPS) is 32.2. The maximum Gasteiger partial charge on any atom is 0.283 e. The van der Waals surface area contributed by atoms with Crippen molar-refractivity contribution in [3.8, 4) is 16.9 Å². The molecule has 2 aromatic rings. The molecule has 0 radical (unpaired) electrons. The number of rotatable bonds is 1. The van der Waals surface area contributed by atoms with Gasteiger partial charge in [-0.25, -0.2) is 15.0 Å². The Kier molecular flexibility index (Phi) is 3.24. The summed E-state index contributed by atoms with van der Waals surface area (Å²) >= 11 is 0. The highest BCUT2D eigenvalue weighted by molar-refractivity contribution is 5.75. The van der Waals surface area contributed by atoms with Crippen LogP contribution in [0.2, 0.25) is 0 Å². The van der Waals surface area contributed by atoms with Crippen molar-refractivity contribution in [2.24, 2.45) is 16.6 Å². The lowest BCUT2D eigenvalue weighted by Gasteiger charge is -2.52. The molecule has 0 unspecified atom stereocenters. The molecule has 0 amide bonds. The Morgan fingerprint density at radius 2 is 2.04 bits per heavy atom. The molecular weight excluding hydrogens is 332 g/mol. The average Bonchev–Trinajstić information content (AvgIpc) is 3.04. The zero-order valence-corrected chi connectivity index (χ0v) is 14.5. The van der Waals surface area contributed by atoms with Crippen LogP contribution in [0.3, 0.4) is 0 Å². The van der Waals surface area contributed by atoms with Crippen LogP contribution in [0.15, 0.2) is 41.9 Å². The van der Waals surface area contributed by atoms with Gasteiger partial charge in [-0.05, 0) is 24.6 Å². The molecule has 1 aromatic heterocycles. The van der Waals surface area contributed by atoms with Gasteiger partial charge in [0.15, 0.2) is 0 Å². The number of nitrogens with zero attached hydrogens (tertiary/aromatic N) is 3. The van der Waals surface area contributed by atoms with Gasteiger partial charge in [0.05, 0.1) is 19.1 Å². The number of hydrogen-bond acceptors (Lipinski definition) is 7. The second-order valence-electron chi connectivity index (χ2n) is 7.29. The minimum absolute atomic E-state index is 0.0274. The number of amidine groups is 1. The first kappa shape index (κ1) is 15.6. The van der Waals surface area contributed by atoms with E-state index in [1.165, 1.54) is 6.33 Å². The fourth-order valence-corrected chi connectivity index (χ4v) is 4.38. The number of fused-ring (bicyclic) bond motifs is 4. The average molecular weight is 352 g/mol. The molecule has 26 heavy (non-hydrogen) atoms. The molecule has 7 heteroatoms. The summed E-state index contributed by atoms with van der Waals surface area (Å²) in [6.45, 7) is 3.77. The van der Waals surface area contributed by atoms with Gasteiger partial charge in [0.25, 0.3) is 6.02 Å². The molecule has 0 aliphatic carbocycles. The van der Waals surface area contributed by atoms with Gasteiger partial charge in [0.2, 0.25) is 0 Å². The van der Waals surface area contributed by atoms with Crippen LogP contribution in [0.1, 0.15) is 18.9 Å². The molecular formula is C19H20N4O3. The van der Waals surface area contributed by atoms with Crippen LogP contribution in [0.25, 0.3) is 11.1 Å². The van der Waals surface area contributed by atoms with E-state index < -0.39 is 5.54 Å². The first-order chi connectivity index (χ1) is 12.6. The maximum atomic E-state index is 6.46. The number of aliphatic imine (C=N–C) groups is 1. The summed E-state index contributed by atoms with van der Waals surface area (Å²) in [5.74, 6) is 0.855. The first-order valence-electron chi connectivity index (χ1n) is 8.76. The molecule has 4 heterocycles. The first-order valence-corrected chi connectivity index (χ1v) is 8.76. The third kappa shape index (κ3) is 2.13. The van der Waals surface area contributed by atoms with Crippen LogP contribution in [-0.4, -0.2) is 41.4 Å². The lowest BCUT2D eigenvalue weighted by molar-refractivity contribution is -0.129. The van der Waals surface area contributed by atoms with E-state index in [0.717, 1.165) is 28.9 Å². The Bertz CT molecular complexity index is 888. The zero-order chi connectivity index (χ0) is 17.8. The second-order valence-corrected chi connectivity index (χ2v) is 7.29. The van der Waals surface area contributed by atoms with Crippen molar-refractivity contribution in [2.75, 3.05) is 19.8 Å². The van der Waals surface area contributed by atoms with Crippen LogP contribution in [-0.2, 0) is 15.0 Å². The van der Waals surface area contributed by atoms with E-state index >= 15 is 0 Å². The molecule has 7 nitrogen and oxygen atoms in total. The van der Waals surface area contributed by atoms with Crippen molar-refractivity contribution in [3.63, 3.8) is 0 Å². The van der Waals surface area contributed by atoms with Gasteiger partial charge < -0.3 is 19.9 Å². The predicted molar refractivity (Wildman–Crippen MR) is 94.7 cm³/mol. The third-order valence-electron chi connectivity index (χ3n) is 5.77. The number of aromatic nitrogens is 2. The van der Waals surface area contributed by atoms with Crippen LogP contribution < -0.4 is 10.5 Å². The summed E-state index contributed by atoms with van der Waals surface area (Å²) < 4.78 is 17.9. The Morgan fingerprint density at radius 3 is 2.81 bits per heavy atom. The molecule has 3 aliphatic rings. The fraction of sp³-hybridized carbons (Fsp3) is 0.421. The van der Waals surface area contributed by atoms with E-state index in [0.29, 0.717) is 19.8 Å². The van der Waals surface area contributed by atoms with Gasteiger partial charge in [-0.15, -0.1) is 0 Å². The molecule has 3 atom stereocenters. The van der Waals surface area contributed by atoms with Crippen molar-refractivity contribution in [3.05, 3.63) is 42.5 Å². The second kappa shape index (κ2) is 5.41. The molecule has 3 aliphatic heterocycles. The monoisotopic (exact) mass is 352 g/mol. The van der Waals surface area contributed by atoms with E-state index in [-0.39, 0.29) is 17.5 Å². The maximum absolute atomic E-state index is 6.46. The standard InChI is InChI=1S/C19H20N4O3/c1-18-4-5-24-9-16(18)19(10-25-17(20)23-19)14-6-12(2-3-15(14)26-18)13-7-21-11-22-8-13/h2-3,6-8,11,16H,4-5,9-10H2,1H3,(H2,20,23)/t16-,18-,19+/m1/s1. The SMILES string of the molecule is C[C@@]12CCOC[C@H]1[C@]1(COC(N)=N1)c1cc(-c3cncnc3)ccc1O2. The number of hydrogen-bond donors (Lipinski definition) is 1. The van der Waals surface area contributed by atoms with Gasteiger partial charge in [-0.3, -0.25) is 0 Å². The van der Waals surface area contributed by atoms with E-state index in [9.17, 15) is 0 Å². The fourth-order valence-electron chi connectivity index (χ4n) is 4.38. The van der Waals surface area contributed by atoms with Crippen LogP contribution in [0.5, 0.6) is 5.75 Å². The Hall–Kier alpha value is -2.67. The van der Waals surface area contributed by atoms with Crippen molar-refractivity contribution >= 4 is 6.02 Å². The summed E-state index contributed by atoms with van der Waals surface area (Å²) in [6, 6.07) is 6.34. The van der Waals surface area contributed by atoms with Gasteiger partial charge in [0.1, 0.15) is 29.8 Å². The van der Waals surface area contributed by atoms with E-state index in [2.05, 4.69) is 23.0 Å². The highest BCUT2D eigenvalue weighted by Gasteiger charge is 2.59. The van der Waals surface area contributed by atoms with Crippen LogP contribution >= 0.6 is 0 Å². The minimum atomic E-state index is -0.599. The van der Waals surface area contributed by atoms with E-state index in [1.807, 2.05) is 12.1 Å². The Balaban J connectivity index is 1.71. The summed E-state index contributed by atoms with van der Waals surface area (Å²) in [5, 5.41) is 0. The number of benzene rings is 1. The molecule has 1 aromatic carbocycles. The van der Waals surface area contributed by atoms with E-state index in [4.69, 9.17) is 24.9 Å². The summed E-state index contributed by atoms with van der Waals surface area (Å²) in [4.78, 5) is 13.0. The summed E-state index contributed by atoms with van der Waals surface area (Å²) in [5.41, 5.74) is 7.90. The largest absolute Gasteiger partial charge is 0.487 e. The highest BCUT2D eigenvalue weighted by Crippen LogP contribution is 2.54. The molecule has 1 saturated heterocycles. The molecule has 0 saturated carbocycles. The van der Waals surface area contributed by atoms with Gasteiger partial charge in [-0.2, -0.15) is 0 Å². The Labute approximate surface area is 151 Å². The highest BCUT2D eigenvalue weighted by atomic mass is 16.5. The minimum Gasteiger partial charge on any atom is -0.487 e. The predicted octanol–water partition coefficient (Wildman–Crippen LogP) is 1.87. The lowest BCUT2D eigenvalue weighted by Crippen LogP contribution is -2.59. The van der Waals surface area contributed by atoms with E-state index in [1.54, 1.807) is 12.4 Å². The van der Waals surface area contributed by atoms with Gasteiger partial charge >= 0.3 is 0 Å². The zero-order valence-electron chi connectivity index (χ0n) is 14.5. The molecule has 0 bridgehead atoms.